The van der Waals surface area contributed by atoms with Crippen molar-refractivity contribution in [2.75, 3.05) is 31.7 Å². The first-order valence-electron chi connectivity index (χ1n) is 14.2. The summed E-state index contributed by atoms with van der Waals surface area (Å²) in [5, 5.41) is 16.0. The van der Waals surface area contributed by atoms with Crippen LogP contribution in [0.25, 0.3) is 22.2 Å². The number of nitriles is 1. The normalized spacial score (nSPS) is 11.8. The van der Waals surface area contributed by atoms with Crippen LogP contribution in [0.5, 0.6) is 0 Å². The van der Waals surface area contributed by atoms with Gasteiger partial charge < -0.3 is 25.8 Å². The minimum atomic E-state index is -1.02. The molecule has 230 valence electrons. The van der Waals surface area contributed by atoms with Crippen LogP contribution in [0.15, 0.2) is 61.2 Å². The van der Waals surface area contributed by atoms with Crippen LogP contribution in [0.2, 0.25) is 0 Å². The molecule has 0 spiro atoms. The number of nitrogens with zero attached hydrogens (tertiary/aromatic N) is 7. The number of aryl methyl sites for hydroxylation is 1. The van der Waals surface area contributed by atoms with Crippen molar-refractivity contribution in [2.24, 2.45) is 0 Å². The Bertz CT molecular complexity index is 1880. The molecule has 0 saturated carbocycles. The van der Waals surface area contributed by atoms with E-state index in [1.165, 1.54) is 18.6 Å². The average Bonchev–Trinajstić information content (AvgIpc) is 3.41. The summed E-state index contributed by atoms with van der Waals surface area (Å²) in [6.07, 6.45) is 5.74. The number of anilines is 2. The van der Waals surface area contributed by atoms with Gasteiger partial charge in [0.1, 0.15) is 23.9 Å². The lowest BCUT2D eigenvalue weighted by Crippen LogP contribution is -2.29. The third-order valence-corrected chi connectivity index (χ3v) is 7.31. The van der Waals surface area contributed by atoms with Crippen LogP contribution in [0.1, 0.15) is 46.7 Å². The van der Waals surface area contributed by atoms with Crippen molar-refractivity contribution in [1.82, 2.24) is 34.7 Å². The van der Waals surface area contributed by atoms with Gasteiger partial charge in [0, 0.05) is 24.8 Å². The van der Waals surface area contributed by atoms with Gasteiger partial charge in [-0.1, -0.05) is 30.3 Å². The number of hydrogen-bond donors (Lipinski definition) is 3. The van der Waals surface area contributed by atoms with Gasteiger partial charge in [0.15, 0.2) is 28.8 Å². The van der Waals surface area contributed by atoms with E-state index < -0.39 is 23.6 Å². The average molecular weight is 611 g/mol. The van der Waals surface area contributed by atoms with Gasteiger partial charge in [-0.2, -0.15) is 5.26 Å². The third kappa shape index (κ3) is 7.02. The molecule has 0 aliphatic heterocycles. The smallest absolute Gasteiger partial charge is 0.274 e. The number of carbonyl (C=O) groups excluding carboxylic acids is 1. The molecule has 0 bridgehead atoms. The van der Waals surface area contributed by atoms with Crippen molar-refractivity contribution in [2.45, 2.75) is 32.5 Å². The van der Waals surface area contributed by atoms with Crippen LogP contribution >= 0.6 is 0 Å². The SMILES string of the molecule is CC(NC(=O)c1nc(C#N)cnc1NCc1ccc(-c2cn(CCCN(C)C)c3ncnc(N)c23)cc1)c1ccc(F)c(F)c1. The number of aromatic nitrogens is 5. The zero-order chi connectivity index (χ0) is 32.1. The van der Waals surface area contributed by atoms with Gasteiger partial charge in [-0.25, -0.2) is 28.7 Å². The van der Waals surface area contributed by atoms with Crippen molar-refractivity contribution in [3.63, 3.8) is 0 Å². The molecule has 11 nitrogen and oxygen atoms in total. The molecular formula is C32H32F2N10O. The minimum Gasteiger partial charge on any atom is -0.383 e. The number of nitrogens with two attached hydrogens (primary N) is 1. The number of nitrogen functional groups attached to an aromatic ring is 1. The first-order valence-corrected chi connectivity index (χ1v) is 14.2. The van der Waals surface area contributed by atoms with Gasteiger partial charge in [-0.15, -0.1) is 0 Å². The highest BCUT2D eigenvalue weighted by molar-refractivity contribution is 6.00. The van der Waals surface area contributed by atoms with E-state index in [2.05, 4.69) is 46.2 Å². The second-order valence-corrected chi connectivity index (χ2v) is 10.8. The predicted octanol–water partition coefficient (Wildman–Crippen LogP) is 4.68. The molecule has 0 fully saturated rings. The summed E-state index contributed by atoms with van der Waals surface area (Å²) in [4.78, 5) is 32.4. The first kappa shape index (κ1) is 31.0. The molecule has 1 atom stereocenters. The number of hydrogen-bond acceptors (Lipinski definition) is 9. The molecule has 4 N–H and O–H groups in total. The monoisotopic (exact) mass is 610 g/mol. The van der Waals surface area contributed by atoms with Crippen LogP contribution in [0.3, 0.4) is 0 Å². The lowest BCUT2D eigenvalue weighted by Gasteiger charge is -2.16. The fourth-order valence-electron chi connectivity index (χ4n) is 4.94. The van der Waals surface area contributed by atoms with Crippen LogP contribution < -0.4 is 16.4 Å². The fourth-order valence-corrected chi connectivity index (χ4v) is 4.94. The standard InChI is InChI=1S/C32H32F2N10O/c1-19(22-9-10-25(33)26(34)13-22)41-32(45)28-30(38-16-23(14-35)42-28)37-15-20-5-7-21(8-6-20)24-17-44(12-4-11-43(2)3)31-27(24)29(36)39-18-40-31/h5-10,13,16-19H,4,11-12,15H2,1-3H3,(H,37,38)(H,41,45)(H2,36,39,40). The maximum Gasteiger partial charge on any atom is 0.274 e. The largest absolute Gasteiger partial charge is 0.383 e. The molecule has 0 aliphatic carbocycles. The van der Waals surface area contributed by atoms with Gasteiger partial charge in [0.05, 0.1) is 17.6 Å². The van der Waals surface area contributed by atoms with E-state index in [4.69, 9.17) is 5.73 Å². The van der Waals surface area contributed by atoms with E-state index in [1.54, 1.807) is 6.92 Å². The van der Waals surface area contributed by atoms with E-state index >= 15 is 0 Å². The molecule has 5 aromatic rings. The number of amides is 1. The Morgan fingerprint density at radius 1 is 1.11 bits per heavy atom. The molecule has 2 aromatic carbocycles. The summed E-state index contributed by atoms with van der Waals surface area (Å²) in [5.74, 6) is -2.05. The van der Waals surface area contributed by atoms with Crippen molar-refractivity contribution in [1.29, 1.82) is 5.26 Å². The molecular weight excluding hydrogens is 578 g/mol. The lowest BCUT2D eigenvalue weighted by atomic mass is 10.0. The topological polar surface area (TPSA) is 151 Å². The molecule has 1 amide bonds. The van der Waals surface area contributed by atoms with Crippen molar-refractivity contribution in [3.05, 3.63) is 95.3 Å². The number of halogens is 2. The molecule has 0 radical (unpaired) electrons. The van der Waals surface area contributed by atoms with Gasteiger partial charge in [-0.3, -0.25) is 4.79 Å². The summed E-state index contributed by atoms with van der Waals surface area (Å²) in [6, 6.07) is 12.5. The molecule has 45 heavy (non-hydrogen) atoms. The summed E-state index contributed by atoms with van der Waals surface area (Å²) < 4.78 is 29.2. The second kappa shape index (κ2) is 13.4. The van der Waals surface area contributed by atoms with Crippen molar-refractivity contribution >= 4 is 28.6 Å². The molecule has 5 rings (SSSR count). The molecule has 13 heteroatoms. The van der Waals surface area contributed by atoms with E-state index in [1.807, 2.05) is 44.4 Å². The van der Waals surface area contributed by atoms with E-state index in [9.17, 15) is 18.8 Å². The Balaban J connectivity index is 1.33. The van der Waals surface area contributed by atoms with Crippen molar-refractivity contribution < 1.29 is 13.6 Å². The highest BCUT2D eigenvalue weighted by Crippen LogP contribution is 2.33. The highest BCUT2D eigenvalue weighted by atomic mass is 19.2. The zero-order valence-corrected chi connectivity index (χ0v) is 25.1. The number of rotatable bonds is 11. The molecule has 1 unspecified atom stereocenters. The van der Waals surface area contributed by atoms with Crippen molar-refractivity contribution in [3.8, 4) is 17.2 Å². The van der Waals surface area contributed by atoms with E-state index in [-0.39, 0.29) is 17.2 Å². The number of benzene rings is 2. The summed E-state index contributed by atoms with van der Waals surface area (Å²) in [6.45, 7) is 3.66. The van der Waals surface area contributed by atoms with E-state index in [0.717, 1.165) is 59.4 Å². The number of nitrogens with one attached hydrogen (secondary N) is 2. The van der Waals surface area contributed by atoms with Gasteiger partial charge in [0.2, 0.25) is 0 Å². The Hall–Kier alpha value is -5.48. The van der Waals surface area contributed by atoms with Gasteiger partial charge in [0.25, 0.3) is 5.91 Å². The summed E-state index contributed by atoms with van der Waals surface area (Å²) >= 11 is 0. The van der Waals surface area contributed by atoms with E-state index in [0.29, 0.717) is 17.9 Å². The molecule has 3 aromatic heterocycles. The van der Waals surface area contributed by atoms with Crippen LogP contribution in [0.4, 0.5) is 20.4 Å². The predicted molar refractivity (Wildman–Crippen MR) is 167 cm³/mol. The van der Waals surface area contributed by atoms with Crippen LogP contribution in [-0.4, -0.2) is 56.0 Å². The zero-order valence-electron chi connectivity index (χ0n) is 25.1. The van der Waals surface area contributed by atoms with Crippen LogP contribution in [-0.2, 0) is 13.1 Å². The maximum absolute atomic E-state index is 13.7. The Kier molecular flexibility index (Phi) is 9.25. The second-order valence-electron chi connectivity index (χ2n) is 10.8. The number of fused-ring (bicyclic) bond motifs is 1. The minimum absolute atomic E-state index is 0.0420. The molecule has 0 aliphatic rings. The fraction of sp³-hybridized carbons (Fsp3) is 0.250. The Morgan fingerprint density at radius 3 is 2.60 bits per heavy atom. The first-order chi connectivity index (χ1) is 21.6. The van der Waals surface area contributed by atoms with Gasteiger partial charge in [-0.05, 0) is 62.8 Å². The molecule has 3 heterocycles. The quantitative estimate of drug-likeness (QED) is 0.194. The summed E-state index contributed by atoms with van der Waals surface area (Å²) in [5.41, 5.74) is 10.1. The number of carbonyl (C=O) groups is 1. The van der Waals surface area contributed by atoms with Gasteiger partial charge >= 0.3 is 0 Å². The molecule has 0 saturated heterocycles. The third-order valence-electron chi connectivity index (χ3n) is 7.31. The maximum atomic E-state index is 13.7. The lowest BCUT2D eigenvalue weighted by molar-refractivity contribution is 0.0935. The highest BCUT2D eigenvalue weighted by Gasteiger charge is 2.20. The Labute approximate surface area is 258 Å². The Morgan fingerprint density at radius 2 is 1.89 bits per heavy atom. The van der Waals surface area contributed by atoms with Crippen LogP contribution in [0, 0.1) is 23.0 Å². The summed E-state index contributed by atoms with van der Waals surface area (Å²) in [7, 11) is 4.08.